The van der Waals surface area contributed by atoms with Crippen LogP contribution in [-0.2, 0) is 22.6 Å². The Labute approximate surface area is 144 Å². The van der Waals surface area contributed by atoms with Gasteiger partial charge in [0.05, 0.1) is 38.2 Å². The van der Waals surface area contributed by atoms with Gasteiger partial charge in [-0.05, 0) is 0 Å². The van der Waals surface area contributed by atoms with Crippen LogP contribution in [0.4, 0.5) is 4.79 Å². The van der Waals surface area contributed by atoms with Crippen LogP contribution in [0.1, 0.15) is 5.69 Å². The third-order valence-corrected chi connectivity index (χ3v) is 4.28. The van der Waals surface area contributed by atoms with Gasteiger partial charge in [-0.1, -0.05) is 5.21 Å². The second-order valence-corrected chi connectivity index (χ2v) is 5.91. The maximum Gasteiger partial charge on any atom is 0.317 e. The Hall–Kier alpha value is -2.59. The van der Waals surface area contributed by atoms with Crippen molar-refractivity contribution < 1.29 is 14.3 Å². The molecule has 1 fully saturated rings. The van der Waals surface area contributed by atoms with E-state index in [0.29, 0.717) is 46.0 Å². The molecule has 2 aliphatic heterocycles. The number of morpholine rings is 1. The molecule has 2 aliphatic rings. The highest BCUT2D eigenvalue weighted by Gasteiger charge is 2.25. The van der Waals surface area contributed by atoms with Gasteiger partial charge in [-0.15, -0.1) is 5.10 Å². The number of ether oxygens (including phenoxy) is 2. The Balaban J connectivity index is 1.36. The minimum Gasteiger partial charge on any atom is -0.378 e. The molecular weight excluding hydrogens is 326 g/mol. The normalized spacial score (nSPS) is 20.2. The van der Waals surface area contributed by atoms with Crippen molar-refractivity contribution in [1.29, 1.82) is 0 Å². The zero-order valence-electron chi connectivity index (χ0n) is 13.7. The lowest BCUT2D eigenvalue weighted by atomic mass is 10.2. The summed E-state index contributed by atoms with van der Waals surface area (Å²) in [5.74, 6) is 0. The topological polar surface area (TPSA) is 107 Å². The van der Waals surface area contributed by atoms with Crippen molar-refractivity contribution in [2.45, 2.75) is 19.3 Å². The van der Waals surface area contributed by atoms with Gasteiger partial charge in [0.15, 0.2) is 0 Å². The molecule has 0 aliphatic carbocycles. The van der Waals surface area contributed by atoms with Crippen LogP contribution in [0.2, 0.25) is 0 Å². The molecule has 1 saturated heterocycles. The predicted octanol–water partition coefficient (Wildman–Crippen LogP) is -0.324. The number of hydrogen-bond donors (Lipinski definition) is 1. The number of carbonyl (C=O) groups excluding carboxylic acids is 1. The van der Waals surface area contributed by atoms with E-state index in [-0.39, 0.29) is 12.1 Å². The molecule has 4 heterocycles. The molecule has 25 heavy (non-hydrogen) atoms. The molecule has 0 bridgehead atoms. The van der Waals surface area contributed by atoms with Crippen molar-refractivity contribution >= 4 is 6.03 Å². The lowest BCUT2D eigenvalue weighted by Gasteiger charge is -2.29. The summed E-state index contributed by atoms with van der Waals surface area (Å²) in [4.78, 5) is 21.9. The van der Waals surface area contributed by atoms with Gasteiger partial charge in [-0.25, -0.2) is 19.4 Å². The fourth-order valence-corrected chi connectivity index (χ4v) is 2.91. The monoisotopic (exact) mass is 345 g/mol. The predicted molar refractivity (Wildman–Crippen MR) is 85.4 cm³/mol. The molecule has 2 aromatic heterocycles. The van der Waals surface area contributed by atoms with E-state index in [9.17, 15) is 4.79 Å². The third kappa shape index (κ3) is 3.44. The second kappa shape index (κ2) is 7.11. The largest absolute Gasteiger partial charge is 0.378 e. The van der Waals surface area contributed by atoms with Gasteiger partial charge in [-0.3, -0.25) is 0 Å². The summed E-state index contributed by atoms with van der Waals surface area (Å²) in [6.45, 7) is 3.76. The number of nitrogens with zero attached hydrogens (tertiary/aromatic N) is 6. The van der Waals surface area contributed by atoms with Gasteiger partial charge in [0.2, 0.25) is 0 Å². The third-order valence-electron chi connectivity index (χ3n) is 4.28. The Morgan fingerprint density at radius 2 is 2.08 bits per heavy atom. The molecule has 0 aromatic carbocycles. The number of hydrogen-bond acceptors (Lipinski definition) is 7. The van der Waals surface area contributed by atoms with Crippen LogP contribution >= 0.6 is 0 Å². The fourth-order valence-electron chi connectivity index (χ4n) is 2.91. The first-order valence-corrected chi connectivity index (χ1v) is 8.21. The molecule has 2 amide bonds. The van der Waals surface area contributed by atoms with Gasteiger partial charge in [0, 0.05) is 37.6 Å². The first-order chi connectivity index (χ1) is 12.3. The molecule has 4 rings (SSSR count). The summed E-state index contributed by atoms with van der Waals surface area (Å²) in [7, 11) is 0. The number of urea groups is 1. The maximum absolute atomic E-state index is 12.1. The summed E-state index contributed by atoms with van der Waals surface area (Å²) < 4.78 is 12.9. The van der Waals surface area contributed by atoms with Crippen molar-refractivity contribution in [3.63, 3.8) is 0 Å². The summed E-state index contributed by atoms with van der Waals surface area (Å²) in [5, 5.41) is 11.3. The van der Waals surface area contributed by atoms with E-state index in [1.807, 2.05) is 4.68 Å². The van der Waals surface area contributed by atoms with Crippen LogP contribution in [0, 0.1) is 0 Å². The molecule has 0 saturated carbocycles. The summed E-state index contributed by atoms with van der Waals surface area (Å²) in [6, 6.07) is -0.0848. The Morgan fingerprint density at radius 3 is 2.88 bits per heavy atom. The average molecular weight is 345 g/mol. The molecule has 10 nitrogen and oxygen atoms in total. The Bertz CT molecular complexity index is 730. The van der Waals surface area contributed by atoms with Gasteiger partial charge in [0.25, 0.3) is 0 Å². The van der Waals surface area contributed by atoms with Gasteiger partial charge in [0.1, 0.15) is 12.0 Å². The van der Waals surface area contributed by atoms with Crippen molar-refractivity contribution in [3.05, 3.63) is 24.4 Å². The minimum atomic E-state index is -0.140. The number of fused-ring (bicyclic) bond motifs is 1. The van der Waals surface area contributed by atoms with Crippen LogP contribution in [0.3, 0.4) is 0 Å². The summed E-state index contributed by atoms with van der Waals surface area (Å²) >= 11 is 0. The van der Waals surface area contributed by atoms with E-state index in [2.05, 4.69) is 25.6 Å². The summed E-state index contributed by atoms with van der Waals surface area (Å²) in [6.07, 6.45) is 4.74. The molecule has 0 spiro atoms. The zero-order chi connectivity index (χ0) is 17.1. The van der Waals surface area contributed by atoms with E-state index in [1.165, 1.54) is 6.33 Å². The first kappa shape index (κ1) is 15.9. The Morgan fingerprint density at radius 1 is 1.28 bits per heavy atom. The first-order valence-electron chi connectivity index (χ1n) is 8.21. The molecule has 0 radical (unpaired) electrons. The lowest BCUT2D eigenvalue weighted by molar-refractivity contribution is 0.00111. The quantitative estimate of drug-likeness (QED) is 0.812. The van der Waals surface area contributed by atoms with Crippen molar-refractivity contribution in [2.24, 2.45) is 0 Å². The van der Waals surface area contributed by atoms with Crippen LogP contribution in [-0.4, -0.2) is 74.8 Å². The van der Waals surface area contributed by atoms with Gasteiger partial charge >= 0.3 is 6.03 Å². The van der Waals surface area contributed by atoms with E-state index in [4.69, 9.17) is 9.47 Å². The molecule has 10 heteroatoms. The fraction of sp³-hybridized carbons (Fsp3) is 0.533. The van der Waals surface area contributed by atoms with Crippen LogP contribution < -0.4 is 5.32 Å². The van der Waals surface area contributed by atoms with E-state index in [1.54, 1.807) is 17.3 Å². The highest BCUT2D eigenvalue weighted by Crippen LogP contribution is 2.23. The molecule has 1 unspecified atom stereocenters. The molecule has 1 atom stereocenters. The number of aromatic nitrogens is 5. The molecular formula is C15H19N7O3. The number of amides is 2. The molecule has 1 N–H and O–H groups in total. The van der Waals surface area contributed by atoms with E-state index >= 15 is 0 Å². The smallest absolute Gasteiger partial charge is 0.317 e. The highest BCUT2D eigenvalue weighted by atomic mass is 16.5. The number of rotatable bonds is 3. The van der Waals surface area contributed by atoms with E-state index < -0.39 is 0 Å². The van der Waals surface area contributed by atoms with Crippen LogP contribution in [0.15, 0.2) is 18.7 Å². The number of nitrogens with one attached hydrogen (secondary N) is 1. The average Bonchev–Trinajstić information content (AvgIpc) is 3.10. The molecule has 132 valence electrons. The van der Waals surface area contributed by atoms with Crippen LogP contribution in [0.5, 0.6) is 0 Å². The standard InChI is InChI=1S/C15H19N7O3/c23-15(21-1-3-24-4-2-21)18-7-12-8-22-13(9-25-12)14(19-20-22)11-5-16-10-17-6-11/h5-6,10,12H,1-4,7-9H2,(H,18,23). The molecule has 2 aromatic rings. The van der Waals surface area contributed by atoms with E-state index in [0.717, 1.165) is 17.0 Å². The SMILES string of the molecule is O=C(NCC1Cn2nnc(-c3cncnc3)c2CO1)N1CCOCC1. The van der Waals surface area contributed by atoms with Crippen molar-refractivity contribution in [3.8, 4) is 11.3 Å². The highest BCUT2D eigenvalue weighted by molar-refractivity contribution is 5.74. The van der Waals surface area contributed by atoms with Crippen LogP contribution in [0.25, 0.3) is 11.3 Å². The Kier molecular flexibility index (Phi) is 4.53. The van der Waals surface area contributed by atoms with Gasteiger partial charge in [-0.2, -0.15) is 0 Å². The number of carbonyl (C=O) groups is 1. The maximum atomic E-state index is 12.1. The second-order valence-electron chi connectivity index (χ2n) is 5.91. The minimum absolute atomic E-state index is 0.0848. The lowest BCUT2D eigenvalue weighted by Crippen LogP contribution is -2.49. The van der Waals surface area contributed by atoms with Crippen molar-refractivity contribution in [1.82, 2.24) is 35.2 Å². The van der Waals surface area contributed by atoms with Gasteiger partial charge < -0.3 is 19.7 Å². The van der Waals surface area contributed by atoms with Crippen molar-refractivity contribution in [2.75, 3.05) is 32.8 Å². The zero-order valence-corrected chi connectivity index (χ0v) is 13.7. The summed E-state index contributed by atoms with van der Waals surface area (Å²) in [5.41, 5.74) is 2.44.